The molecule has 3 N–H and O–H groups in total. The molecule has 1 heterocycles. The Kier molecular flexibility index (Phi) is 6.81. The van der Waals surface area contributed by atoms with Crippen LogP contribution in [0.5, 0.6) is 0 Å². The van der Waals surface area contributed by atoms with Crippen molar-refractivity contribution < 1.29 is 9.53 Å². The van der Waals surface area contributed by atoms with Gasteiger partial charge in [0, 0.05) is 17.5 Å². The van der Waals surface area contributed by atoms with E-state index in [1.165, 1.54) is 0 Å². The Hall–Kier alpha value is -1.43. The van der Waals surface area contributed by atoms with Crippen LogP contribution in [-0.4, -0.2) is 35.1 Å². The van der Waals surface area contributed by atoms with Crippen LogP contribution >= 0.6 is 11.8 Å². The first-order chi connectivity index (χ1) is 10.0. The monoisotopic (exact) mass is 311 g/mol. The Balaban J connectivity index is 2.90. The average Bonchev–Trinajstić information content (AvgIpc) is 2.50. The molecule has 1 aromatic heterocycles. The van der Waals surface area contributed by atoms with Gasteiger partial charge in [0.1, 0.15) is 5.82 Å². The number of nitrogen functional groups attached to an aromatic ring is 1. The van der Waals surface area contributed by atoms with Gasteiger partial charge >= 0.3 is 5.97 Å². The highest BCUT2D eigenvalue weighted by Crippen LogP contribution is 2.31. The van der Waals surface area contributed by atoms with Crippen molar-refractivity contribution in [1.82, 2.24) is 4.98 Å². The van der Waals surface area contributed by atoms with E-state index in [9.17, 15) is 4.79 Å². The van der Waals surface area contributed by atoms with Gasteiger partial charge in [-0.25, -0.2) is 9.78 Å². The van der Waals surface area contributed by atoms with E-state index in [1.54, 1.807) is 19.2 Å². The predicted octanol–water partition coefficient (Wildman–Crippen LogP) is 3.17. The molecule has 0 aliphatic heterocycles. The van der Waals surface area contributed by atoms with Crippen molar-refractivity contribution in [2.45, 2.75) is 38.4 Å². The van der Waals surface area contributed by atoms with E-state index in [1.807, 2.05) is 11.8 Å². The minimum Gasteiger partial charge on any atom is -0.462 e. The molecule has 6 heteroatoms. The third-order valence-corrected chi connectivity index (χ3v) is 5.37. The van der Waals surface area contributed by atoms with Crippen LogP contribution in [0, 0.1) is 0 Å². The maximum absolute atomic E-state index is 11.8. The summed E-state index contributed by atoms with van der Waals surface area (Å²) >= 11 is 1.84. The molecule has 0 aliphatic carbocycles. The SMILES string of the molecule is CCOC(=O)c1ccnc(NCC(CC)(CC)SC)c1N. The summed E-state index contributed by atoms with van der Waals surface area (Å²) in [5, 5.41) is 3.28. The number of pyridine rings is 1. The zero-order valence-corrected chi connectivity index (χ0v) is 14.0. The smallest absolute Gasteiger partial charge is 0.340 e. The lowest BCUT2D eigenvalue weighted by molar-refractivity contribution is 0.0527. The summed E-state index contributed by atoms with van der Waals surface area (Å²) in [4.78, 5) is 16.1. The van der Waals surface area contributed by atoms with Gasteiger partial charge in [-0.1, -0.05) is 13.8 Å². The van der Waals surface area contributed by atoms with Crippen LogP contribution in [0.25, 0.3) is 0 Å². The Morgan fingerprint density at radius 3 is 2.62 bits per heavy atom. The Morgan fingerprint density at radius 2 is 2.10 bits per heavy atom. The van der Waals surface area contributed by atoms with Crippen LogP contribution in [0.4, 0.5) is 11.5 Å². The Bertz CT molecular complexity index is 468. The van der Waals surface area contributed by atoms with E-state index >= 15 is 0 Å². The summed E-state index contributed by atoms with van der Waals surface area (Å²) in [5.41, 5.74) is 6.74. The number of aromatic nitrogens is 1. The van der Waals surface area contributed by atoms with E-state index < -0.39 is 5.97 Å². The van der Waals surface area contributed by atoms with Gasteiger partial charge in [-0.15, -0.1) is 0 Å². The highest BCUT2D eigenvalue weighted by molar-refractivity contribution is 8.00. The molecule has 0 aromatic carbocycles. The molecule has 0 fully saturated rings. The maximum Gasteiger partial charge on any atom is 0.340 e. The van der Waals surface area contributed by atoms with Gasteiger partial charge in [0.05, 0.1) is 17.9 Å². The van der Waals surface area contributed by atoms with Gasteiger partial charge in [-0.3, -0.25) is 0 Å². The molecule has 118 valence electrons. The van der Waals surface area contributed by atoms with E-state index in [-0.39, 0.29) is 4.75 Å². The van der Waals surface area contributed by atoms with Gasteiger partial charge < -0.3 is 15.8 Å². The van der Waals surface area contributed by atoms with Crippen LogP contribution < -0.4 is 11.1 Å². The van der Waals surface area contributed by atoms with Crippen molar-refractivity contribution in [3.8, 4) is 0 Å². The van der Waals surface area contributed by atoms with Crippen LogP contribution in [0.3, 0.4) is 0 Å². The van der Waals surface area contributed by atoms with Crippen molar-refractivity contribution in [2.24, 2.45) is 0 Å². The zero-order chi connectivity index (χ0) is 15.9. The van der Waals surface area contributed by atoms with Crippen molar-refractivity contribution in [3.63, 3.8) is 0 Å². The minimum absolute atomic E-state index is 0.147. The fourth-order valence-corrected chi connectivity index (χ4v) is 2.90. The lowest BCUT2D eigenvalue weighted by Crippen LogP contribution is -2.32. The number of nitrogens with two attached hydrogens (primary N) is 1. The molecule has 0 saturated heterocycles. The molecule has 0 unspecified atom stereocenters. The number of ether oxygens (including phenoxy) is 1. The molecular weight excluding hydrogens is 286 g/mol. The fourth-order valence-electron chi connectivity index (χ4n) is 2.11. The summed E-state index contributed by atoms with van der Waals surface area (Å²) in [7, 11) is 0. The van der Waals surface area contributed by atoms with E-state index in [4.69, 9.17) is 10.5 Å². The molecule has 0 atom stereocenters. The average molecular weight is 311 g/mol. The number of carbonyl (C=O) groups is 1. The van der Waals surface area contributed by atoms with Gasteiger partial charge in [-0.2, -0.15) is 11.8 Å². The summed E-state index contributed by atoms with van der Waals surface area (Å²) in [5.74, 6) is 0.128. The van der Waals surface area contributed by atoms with Gasteiger partial charge in [-0.05, 0) is 32.1 Å². The van der Waals surface area contributed by atoms with Gasteiger partial charge in [0.2, 0.25) is 0 Å². The highest BCUT2D eigenvalue weighted by atomic mass is 32.2. The number of nitrogens with one attached hydrogen (secondary N) is 1. The van der Waals surface area contributed by atoms with Crippen molar-refractivity contribution in [3.05, 3.63) is 17.8 Å². The first-order valence-corrected chi connectivity index (χ1v) is 8.46. The molecule has 1 rings (SSSR count). The molecule has 0 bridgehead atoms. The van der Waals surface area contributed by atoms with E-state index in [0.29, 0.717) is 23.7 Å². The normalized spacial score (nSPS) is 11.2. The third kappa shape index (κ3) is 4.27. The topological polar surface area (TPSA) is 77.2 Å². The minimum atomic E-state index is -0.414. The molecule has 0 saturated carbocycles. The number of esters is 1. The van der Waals surface area contributed by atoms with Crippen molar-refractivity contribution in [1.29, 1.82) is 0 Å². The molecule has 5 nitrogen and oxygen atoms in total. The third-order valence-electron chi connectivity index (χ3n) is 3.79. The second-order valence-corrected chi connectivity index (χ2v) is 6.06. The molecule has 0 amide bonds. The van der Waals surface area contributed by atoms with Crippen molar-refractivity contribution >= 4 is 29.2 Å². The quantitative estimate of drug-likeness (QED) is 0.718. The Labute approximate surface area is 131 Å². The number of nitrogens with zero attached hydrogens (tertiary/aromatic N) is 1. The first kappa shape index (κ1) is 17.6. The number of hydrogen-bond acceptors (Lipinski definition) is 6. The lowest BCUT2D eigenvalue weighted by atomic mass is 10.0. The van der Waals surface area contributed by atoms with E-state index in [0.717, 1.165) is 19.4 Å². The summed E-state index contributed by atoms with van der Waals surface area (Å²) < 4.78 is 5.14. The molecule has 0 spiro atoms. The number of carbonyl (C=O) groups excluding carboxylic acids is 1. The lowest BCUT2D eigenvalue weighted by Gasteiger charge is -2.30. The van der Waals surface area contributed by atoms with E-state index in [2.05, 4.69) is 30.4 Å². The second-order valence-electron chi connectivity index (χ2n) is 4.79. The molecule has 0 radical (unpaired) electrons. The maximum atomic E-state index is 11.8. The fraction of sp³-hybridized carbons (Fsp3) is 0.600. The number of rotatable bonds is 8. The van der Waals surface area contributed by atoms with Crippen LogP contribution in [-0.2, 0) is 4.74 Å². The second kappa shape index (κ2) is 8.12. The standard InChI is InChI=1S/C15H25N3O2S/c1-5-15(6-2,21-4)10-18-13-12(16)11(8-9-17-13)14(19)20-7-3/h8-9H,5-7,10,16H2,1-4H3,(H,17,18). The Morgan fingerprint density at radius 1 is 1.43 bits per heavy atom. The summed E-state index contributed by atoms with van der Waals surface area (Å²) in [6.45, 7) is 7.19. The number of hydrogen-bond donors (Lipinski definition) is 2. The first-order valence-electron chi connectivity index (χ1n) is 7.24. The predicted molar refractivity (Wildman–Crippen MR) is 89.9 cm³/mol. The summed E-state index contributed by atoms with van der Waals surface area (Å²) in [6, 6.07) is 1.58. The van der Waals surface area contributed by atoms with Crippen LogP contribution in [0.2, 0.25) is 0 Å². The molecule has 21 heavy (non-hydrogen) atoms. The largest absolute Gasteiger partial charge is 0.462 e. The van der Waals surface area contributed by atoms with Gasteiger partial charge in [0.15, 0.2) is 0 Å². The molecule has 0 aliphatic rings. The van der Waals surface area contributed by atoms with Gasteiger partial charge in [0.25, 0.3) is 0 Å². The highest BCUT2D eigenvalue weighted by Gasteiger charge is 2.25. The zero-order valence-electron chi connectivity index (χ0n) is 13.2. The number of anilines is 2. The van der Waals surface area contributed by atoms with Crippen LogP contribution in [0.15, 0.2) is 12.3 Å². The van der Waals surface area contributed by atoms with Crippen molar-refractivity contribution in [2.75, 3.05) is 30.5 Å². The van der Waals surface area contributed by atoms with Crippen LogP contribution in [0.1, 0.15) is 44.0 Å². The number of thioether (sulfide) groups is 1. The summed E-state index contributed by atoms with van der Waals surface area (Å²) in [6.07, 6.45) is 5.79. The molecular formula is C15H25N3O2S. The molecule has 1 aromatic rings.